The minimum atomic E-state index is 0.280. The molecule has 0 rings (SSSR count). The summed E-state index contributed by atoms with van der Waals surface area (Å²) in [5, 5.41) is 0. The van der Waals surface area contributed by atoms with E-state index in [1.165, 1.54) is 0 Å². The van der Waals surface area contributed by atoms with Gasteiger partial charge in [0.05, 0.1) is 0 Å². The summed E-state index contributed by atoms with van der Waals surface area (Å²) in [6.07, 6.45) is 1.47. The van der Waals surface area contributed by atoms with Gasteiger partial charge in [-0.25, -0.2) is 0 Å². The van der Waals surface area contributed by atoms with Crippen LogP contribution >= 0.6 is 0 Å². The number of carbonyl (C=O) groups excluding carboxylic acids is 1. The van der Waals surface area contributed by atoms with Gasteiger partial charge in [-0.3, -0.25) is 0 Å². The van der Waals surface area contributed by atoms with Crippen LogP contribution in [-0.4, -0.2) is 6.29 Å². The van der Waals surface area contributed by atoms with E-state index in [4.69, 9.17) is 0 Å². The van der Waals surface area contributed by atoms with Gasteiger partial charge < -0.3 is 4.79 Å². The molecule has 0 aromatic heterocycles. The standard InChI is InChI=1S/C5H9O/c1-5(2)3-4-6/h4-5H,1,3H2,2H3. The molecule has 1 atom stereocenters. The molecule has 0 aromatic rings. The number of aldehydes is 1. The molecule has 35 valence electrons. The number of carbonyl (C=O) groups is 1. The molecule has 0 amide bonds. The second kappa shape index (κ2) is 2.88. The monoisotopic (exact) mass is 85.1 g/mol. The Morgan fingerprint density at radius 1 is 2.00 bits per heavy atom. The van der Waals surface area contributed by atoms with Crippen LogP contribution in [0, 0.1) is 12.8 Å². The second-order valence-corrected chi connectivity index (χ2v) is 1.51. The maximum absolute atomic E-state index is 9.58. The highest BCUT2D eigenvalue weighted by molar-refractivity contribution is 5.49. The first kappa shape index (κ1) is 5.67. The largest absolute Gasteiger partial charge is 0.303 e. The first-order valence-electron chi connectivity index (χ1n) is 2.04. The molecule has 1 heteroatoms. The van der Waals surface area contributed by atoms with Crippen molar-refractivity contribution < 1.29 is 4.79 Å². The zero-order chi connectivity index (χ0) is 4.99. The van der Waals surface area contributed by atoms with Gasteiger partial charge in [-0.15, -0.1) is 0 Å². The molecule has 0 aromatic carbocycles. The molecule has 0 heterocycles. The topological polar surface area (TPSA) is 17.1 Å². The number of hydrogen-bond donors (Lipinski definition) is 0. The van der Waals surface area contributed by atoms with E-state index in [1.54, 1.807) is 0 Å². The van der Waals surface area contributed by atoms with Crippen LogP contribution in [-0.2, 0) is 4.79 Å². The Kier molecular flexibility index (Phi) is 2.73. The van der Waals surface area contributed by atoms with Crippen molar-refractivity contribution in [3.8, 4) is 0 Å². The summed E-state index contributed by atoms with van der Waals surface area (Å²) in [7, 11) is 0. The summed E-state index contributed by atoms with van der Waals surface area (Å²) in [6.45, 7) is 5.51. The van der Waals surface area contributed by atoms with Crippen molar-refractivity contribution in [3.05, 3.63) is 6.92 Å². The van der Waals surface area contributed by atoms with E-state index in [9.17, 15) is 4.79 Å². The average molecular weight is 85.1 g/mol. The van der Waals surface area contributed by atoms with Gasteiger partial charge in [0.1, 0.15) is 6.29 Å². The first-order chi connectivity index (χ1) is 2.77. The van der Waals surface area contributed by atoms with E-state index < -0.39 is 0 Å². The predicted molar refractivity (Wildman–Crippen MR) is 25.2 cm³/mol. The Morgan fingerprint density at radius 2 is 2.50 bits per heavy atom. The Balaban J connectivity index is 2.81. The summed E-state index contributed by atoms with van der Waals surface area (Å²) in [6, 6.07) is 0. The zero-order valence-corrected chi connectivity index (χ0v) is 3.98. The van der Waals surface area contributed by atoms with Crippen molar-refractivity contribution in [2.45, 2.75) is 13.3 Å². The van der Waals surface area contributed by atoms with Crippen LogP contribution in [0.4, 0.5) is 0 Å². The molecule has 1 nitrogen and oxygen atoms in total. The minimum absolute atomic E-state index is 0.280. The third-order valence-electron chi connectivity index (χ3n) is 0.499. The molecule has 0 N–H and O–H groups in total. The quantitative estimate of drug-likeness (QED) is 0.458. The van der Waals surface area contributed by atoms with Crippen LogP contribution in [0.5, 0.6) is 0 Å². The third-order valence-corrected chi connectivity index (χ3v) is 0.499. The smallest absolute Gasteiger partial charge is 0.120 e. The van der Waals surface area contributed by atoms with Gasteiger partial charge in [-0.1, -0.05) is 13.8 Å². The van der Waals surface area contributed by atoms with Crippen molar-refractivity contribution in [2.24, 2.45) is 5.92 Å². The van der Waals surface area contributed by atoms with Crippen LogP contribution in [0.25, 0.3) is 0 Å². The molecule has 0 bridgehead atoms. The fourth-order valence-corrected chi connectivity index (χ4v) is 0.164. The molecule has 0 saturated heterocycles. The van der Waals surface area contributed by atoms with Gasteiger partial charge in [0.15, 0.2) is 0 Å². The zero-order valence-electron chi connectivity index (χ0n) is 3.98. The maximum atomic E-state index is 9.58. The summed E-state index contributed by atoms with van der Waals surface area (Å²) < 4.78 is 0. The van der Waals surface area contributed by atoms with E-state index in [1.807, 2.05) is 6.92 Å². The normalized spacial score (nSPS) is 9.17. The SMILES string of the molecule is [CH2]C(C)CC=O. The van der Waals surface area contributed by atoms with Crippen LogP contribution in [0.15, 0.2) is 0 Å². The summed E-state index contributed by atoms with van der Waals surface area (Å²) in [4.78, 5) is 9.58. The third kappa shape index (κ3) is 3.67. The first-order valence-corrected chi connectivity index (χ1v) is 2.04. The van der Waals surface area contributed by atoms with Crippen LogP contribution in [0.3, 0.4) is 0 Å². The van der Waals surface area contributed by atoms with E-state index in [2.05, 4.69) is 6.92 Å². The van der Waals surface area contributed by atoms with Crippen molar-refractivity contribution in [2.75, 3.05) is 0 Å². The molecule has 0 fully saturated rings. The molecule has 1 radical (unpaired) electrons. The summed E-state index contributed by atoms with van der Waals surface area (Å²) in [5.74, 6) is 0.280. The van der Waals surface area contributed by atoms with Gasteiger partial charge in [0, 0.05) is 6.42 Å². The molecule has 0 aliphatic carbocycles. The molecule has 0 saturated carbocycles. The molecule has 0 aliphatic heterocycles. The molecular weight excluding hydrogens is 76.1 g/mol. The van der Waals surface area contributed by atoms with Gasteiger partial charge in [-0.2, -0.15) is 0 Å². The predicted octanol–water partition coefficient (Wildman–Crippen LogP) is 1.05. The highest BCUT2D eigenvalue weighted by Gasteiger charge is 1.86. The second-order valence-electron chi connectivity index (χ2n) is 1.51. The maximum Gasteiger partial charge on any atom is 0.120 e. The van der Waals surface area contributed by atoms with Gasteiger partial charge in [-0.05, 0) is 5.92 Å². The summed E-state index contributed by atoms with van der Waals surface area (Å²) >= 11 is 0. The molecule has 1 unspecified atom stereocenters. The number of hydrogen-bond acceptors (Lipinski definition) is 1. The fraction of sp³-hybridized carbons (Fsp3) is 0.600. The molecular formula is C5H9O. The van der Waals surface area contributed by atoms with Crippen LogP contribution in [0.2, 0.25) is 0 Å². The Hall–Kier alpha value is -0.330. The molecule has 6 heavy (non-hydrogen) atoms. The van der Waals surface area contributed by atoms with E-state index >= 15 is 0 Å². The van der Waals surface area contributed by atoms with Crippen molar-refractivity contribution in [3.63, 3.8) is 0 Å². The lowest BCUT2D eigenvalue weighted by Gasteiger charge is -1.89. The van der Waals surface area contributed by atoms with E-state index in [0.717, 1.165) is 6.29 Å². The molecule has 0 spiro atoms. The summed E-state index contributed by atoms with van der Waals surface area (Å²) in [5.41, 5.74) is 0. The van der Waals surface area contributed by atoms with Gasteiger partial charge >= 0.3 is 0 Å². The lowest BCUT2D eigenvalue weighted by atomic mass is 10.2. The average Bonchev–Trinajstić information content (AvgIpc) is 1.35. The van der Waals surface area contributed by atoms with Crippen molar-refractivity contribution in [1.82, 2.24) is 0 Å². The number of rotatable bonds is 2. The van der Waals surface area contributed by atoms with E-state index in [0.29, 0.717) is 6.42 Å². The highest BCUT2D eigenvalue weighted by Crippen LogP contribution is 1.91. The lowest BCUT2D eigenvalue weighted by Crippen LogP contribution is -1.85. The lowest BCUT2D eigenvalue weighted by molar-refractivity contribution is -0.108. The van der Waals surface area contributed by atoms with Crippen LogP contribution < -0.4 is 0 Å². The van der Waals surface area contributed by atoms with Crippen molar-refractivity contribution >= 4 is 6.29 Å². The Labute approximate surface area is 38.4 Å². The van der Waals surface area contributed by atoms with E-state index in [-0.39, 0.29) is 5.92 Å². The van der Waals surface area contributed by atoms with Crippen LogP contribution in [0.1, 0.15) is 13.3 Å². The molecule has 0 aliphatic rings. The fourth-order valence-electron chi connectivity index (χ4n) is 0.164. The van der Waals surface area contributed by atoms with Gasteiger partial charge in [0.25, 0.3) is 0 Å². The van der Waals surface area contributed by atoms with Crippen molar-refractivity contribution in [1.29, 1.82) is 0 Å². The minimum Gasteiger partial charge on any atom is -0.303 e. The Bertz CT molecular complexity index is 39.2. The highest BCUT2D eigenvalue weighted by atomic mass is 16.1. The Morgan fingerprint density at radius 3 is 2.50 bits per heavy atom. The van der Waals surface area contributed by atoms with Gasteiger partial charge in [0.2, 0.25) is 0 Å².